The van der Waals surface area contributed by atoms with Crippen molar-refractivity contribution in [1.82, 2.24) is 14.8 Å². The molecular weight excluding hydrogens is 277 g/mol. The highest BCUT2D eigenvalue weighted by atomic mass is 19.1. The third kappa shape index (κ3) is 3.56. The number of ether oxygens (including phenoxy) is 2. The van der Waals surface area contributed by atoms with Crippen LogP contribution in [-0.2, 0) is 29.6 Å². The van der Waals surface area contributed by atoms with Gasteiger partial charge in [0.1, 0.15) is 12.4 Å². The molecule has 0 atom stereocenters. The average molecular weight is 293 g/mol. The number of rotatable bonds is 5. The first-order chi connectivity index (χ1) is 10.0. The number of esters is 1. The van der Waals surface area contributed by atoms with Crippen LogP contribution < -0.4 is 4.74 Å². The Balaban J connectivity index is 2.04. The second-order valence-corrected chi connectivity index (χ2v) is 4.53. The Bertz CT molecular complexity index is 655. The highest BCUT2D eigenvalue weighted by Crippen LogP contribution is 2.20. The molecule has 2 aromatic rings. The zero-order valence-electron chi connectivity index (χ0n) is 12.1. The molecule has 0 aliphatic carbocycles. The molecule has 112 valence electrons. The molecule has 0 saturated carbocycles. The number of nitrogens with zero attached hydrogens (tertiary/aromatic N) is 3. The summed E-state index contributed by atoms with van der Waals surface area (Å²) in [4.78, 5) is 11.1. The smallest absolute Gasteiger partial charge is 0.309 e. The molecule has 0 unspecified atom stereocenters. The standard InChI is InChI=1S/C14H16FN3O3/c1-9-16-17-13(18(9)2)8-21-12-5-4-10(6-11(12)15)7-14(19)20-3/h4-6H,7-8H2,1-3H3. The molecule has 0 saturated heterocycles. The molecule has 1 aromatic heterocycles. The number of methoxy groups -OCH3 is 1. The number of hydrogen-bond donors (Lipinski definition) is 0. The number of aromatic nitrogens is 3. The van der Waals surface area contributed by atoms with Crippen LogP contribution in [0.2, 0.25) is 0 Å². The Morgan fingerprint density at radius 2 is 2.14 bits per heavy atom. The summed E-state index contributed by atoms with van der Waals surface area (Å²) in [6.45, 7) is 1.93. The van der Waals surface area contributed by atoms with Gasteiger partial charge < -0.3 is 14.0 Å². The molecule has 21 heavy (non-hydrogen) atoms. The van der Waals surface area contributed by atoms with E-state index in [0.29, 0.717) is 11.4 Å². The number of benzene rings is 1. The van der Waals surface area contributed by atoms with Crippen LogP contribution in [0.15, 0.2) is 18.2 Å². The number of carbonyl (C=O) groups is 1. The Morgan fingerprint density at radius 3 is 2.71 bits per heavy atom. The van der Waals surface area contributed by atoms with Crippen LogP contribution in [0.25, 0.3) is 0 Å². The average Bonchev–Trinajstić information content (AvgIpc) is 2.78. The van der Waals surface area contributed by atoms with Crippen LogP contribution in [0.1, 0.15) is 17.2 Å². The molecule has 6 nitrogen and oxygen atoms in total. The lowest BCUT2D eigenvalue weighted by Crippen LogP contribution is -2.07. The van der Waals surface area contributed by atoms with Crippen molar-refractivity contribution in [3.05, 3.63) is 41.2 Å². The van der Waals surface area contributed by atoms with E-state index in [1.807, 2.05) is 14.0 Å². The van der Waals surface area contributed by atoms with Crippen LogP contribution in [0.3, 0.4) is 0 Å². The summed E-state index contributed by atoms with van der Waals surface area (Å²) in [5.74, 6) is 0.505. The molecule has 0 spiro atoms. The fraction of sp³-hybridized carbons (Fsp3) is 0.357. The maximum atomic E-state index is 13.9. The van der Waals surface area contributed by atoms with E-state index in [1.165, 1.54) is 19.2 Å². The second-order valence-electron chi connectivity index (χ2n) is 4.53. The van der Waals surface area contributed by atoms with Gasteiger partial charge in [-0.15, -0.1) is 10.2 Å². The van der Waals surface area contributed by atoms with E-state index >= 15 is 0 Å². The van der Waals surface area contributed by atoms with Crippen LogP contribution in [0.4, 0.5) is 4.39 Å². The van der Waals surface area contributed by atoms with Gasteiger partial charge >= 0.3 is 5.97 Å². The van der Waals surface area contributed by atoms with E-state index in [4.69, 9.17) is 4.74 Å². The number of carbonyl (C=O) groups excluding carboxylic acids is 1. The minimum absolute atomic E-state index is 0.0240. The molecule has 0 N–H and O–H groups in total. The topological polar surface area (TPSA) is 66.2 Å². The van der Waals surface area contributed by atoms with Gasteiger partial charge in [-0.2, -0.15) is 0 Å². The molecule has 7 heteroatoms. The lowest BCUT2D eigenvalue weighted by molar-refractivity contribution is -0.139. The van der Waals surface area contributed by atoms with Gasteiger partial charge in [0.2, 0.25) is 0 Å². The maximum Gasteiger partial charge on any atom is 0.309 e. The SMILES string of the molecule is COC(=O)Cc1ccc(OCc2nnc(C)n2C)c(F)c1. The van der Waals surface area contributed by atoms with Crippen molar-refractivity contribution in [1.29, 1.82) is 0 Å². The van der Waals surface area contributed by atoms with Crippen LogP contribution in [-0.4, -0.2) is 27.8 Å². The number of hydrogen-bond acceptors (Lipinski definition) is 5. The molecule has 0 bridgehead atoms. The number of halogens is 1. The molecule has 2 rings (SSSR count). The quantitative estimate of drug-likeness (QED) is 0.783. The van der Waals surface area contributed by atoms with E-state index in [-0.39, 0.29) is 18.8 Å². The van der Waals surface area contributed by atoms with E-state index in [2.05, 4.69) is 14.9 Å². The summed E-state index contributed by atoms with van der Waals surface area (Å²) in [5, 5.41) is 7.83. The first kappa shape index (κ1) is 15.0. The second kappa shape index (κ2) is 6.34. The lowest BCUT2D eigenvalue weighted by atomic mass is 10.1. The third-order valence-electron chi connectivity index (χ3n) is 3.11. The summed E-state index contributed by atoms with van der Waals surface area (Å²) >= 11 is 0. The normalized spacial score (nSPS) is 10.5. The highest BCUT2D eigenvalue weighted by molar-refractivity contribution is 5.72. The van der Waals surface area contributed by atoms with Gasteiger partial charge in [0, 0.05) is 7.05 Å². The Labute approximate surface area is 121 Å². The summed E-state index contributed by atoms with van der Waals surface area (Å²) in [6.07, 6.45) is 0.0240. The molecule has 1 heterocycles. The Kier molecular flexibility index (Phi) is 4.52. The summed E-state index contributed by atoms with van der Waals surface area (Å²) in [6, 6.07) is 4.36. The predicted octanol–water partition coefficient (Wildman–Crippen LogP) is 1.56. The van der Waals surface area contributed by atoms with Gasteiger partial charge in [-0.1, -0.05) is 6.07 Å². The van der Waals surface area contributed by atoms with E-state index < -0.39 is 11.8 Å². The van der Waals surface area contributed by atoms with Gasteiger partial charge in [-0.3, -0.25) is 4.79 Å². The largest absolute Gasteiger partial charge is 0.483 e. The molecular formula is C14H16FN3O3. The van der Waals surface area contributed by atoms with Gasteiger partial charge in [0.15, 0.2) is 17.4 Å². The van der Waals surface area contributed by atoms with Crippen molar-refractivity contribution in [3.8, 4) is 5.75 Å². The molecule has 0 amide bonds. The molecule has 0 fully saturated rings. The maximum absolute atomic E-state index is 13.9. The van der Waals surface area contributed by atoms with Crippen molar-refractivity contribution in [2.75, 3.05) is 7.11 Å². The van der Waals surface area contributed by atoms with Crippen molar-refractivity contribution in [3.63, 3.8) is 0 Å². The van der Waals surface area contributed by atoms with Crippen LogP contribution in [0.5, 0.6) is 5.75 Å². The highest BCUT2D eigenvalue weighted by Gasteiger charge is 2.10. The summed E-state index contributed by atoms with van der Waals surface area (Å²) in [7, 11) is 3.10. The van der Waals surface area contributed by atoms with Gasteiger partial charge in [0.25, 0.3) is 0 Å². The van der Waals surface area contributed by atoms with Crippen molar-refractivity contribution < 1.29 is 18.7 Å². The van der Waals surface area contributed by atoms with Crippen molar-refractivity contribution in [2.45, 2.75) is 20.0 Å². The van der Waals surface area contributed by atoms with Crippen LogP contribution in [0, 0.1) is 12.7 Å². The van der Waals surface area contributed by atoms with Crippen LogP contribution >= 0.6 is 0 Å². The third-order valence-corrected chi connectivity index (χ3v) is 3.11. The molecule has 1 aromatic carbocycles. The minimum Gasteiger partial charge on any atom is -0.483 e. The Hall–Kier alpha value is -2.44. The van der Waals surface area contributed by atoms with Gasteiger partial charge in [-0.25, -0.2) is 4.39 Å². The van der Waals surface area contributed by atoms with Crippen molar-refractivity contribution in [2.24, 2.45) is 7.05 Å². The monoisotopic (exact) mass is 293 g/mol. The molecule has 0 aliphatic heterocycles. The first-order valence-electron chi connectivity index (χ1n) is 6.34. The summed E-state index contributed by atoms with van der Waals surface area (Å²) < 4.78 is 25.6. The van der Waals surface area contributed by atoms with Crippen molar-refractivity contribution >= 4 is 5.97 Å². The fourth-order valence-electron chi connectivity index (χ4n) is 1.73. The van der Waals surface area contributed by atoms with Gasteiger partial charge in [0.05, 0.1) is 13.5 Å². The Morgan fingerprint density at radius 1 is 1.38 bits per heavy atom. The molecule has 0 radical (unpaired) electrons. The summed E-state index contributed by atoms with van der Waals surface area (Å²) in [5.41, 5.74) is 0.529. The number of aryl methyl sites for hydroxylation is 1. The zero-order chi connectivity index (χ0) is 15.4. The van der Waals surface area contributed by atoms with Gasteiger partial charge in [-0.05, 0) is 24.6 Å². The fourth-order valence-corrected chi connectivity index (χ4v) is 1.73. The first-order valence-corrected chi connectivity index (χ1v) is 6.34. The van der Waals surface area contributed by atoms with E-state index in [1.54, 1.807) is 10.6 Å². The minimum atomic E-state index is -0.532. The predicted molar refractivity (Wildman–Crippen MR) is 72.2 cm³/mol. The lowest BCUT2D eigenvalue weighted by Gasteiger charge is -2.08. The van der Waals surface area contributed by atoms with E-state index in [0.717, 1.165) is 5.82 Å². The molecule has 0 aliphatic rings. The zero-order valence-corrected chi connectivity index (χ0v) is 12.1. The van der Waals surface area contributed by atoms with E-state index in [9.17, 15) is 9.18 Å².